The van der Waals surface area contributed by atoms with Crippen molar-refractivity contribution in [2.45, 2.75) is 31.8 Å². The van der Waals surface area contributed by atoms with Gasteiger partial charge in [0.1, 0.15) is 0 Å². The summed E-state index contributed by atoms with van der Waals surface area (Å²) in [7, 11) is 1.50. The van der Waals surface area contributed by atoms with Crippen LogP contribution in [-0.4, -0.2) is 58.5 Å². The molecule has 1 heterocycles. The zero-order chi connectivity index (χ0) is 19.3. The molecule has 0 saturated carbocycles. The van der Waals surface area contributed by atoms with Gasteiger partial charge in [-0.3, -0.25) is 14.4 Å². The molecule has 2 rings (SSSR count). The quantitative estimate of drug-likeness (QED) is 0.544. The maximum absolute atomic E-state index is 12.4. The number of aromatic nitrogens is 1. The molecule has 2 amide bonds. The minimum Gasteiger partial charge on any atom is -0.481 e. The lowest BCUT2D eigenvalue weighted by Crippen LogP contribution is -2.48. The first kappa shape index (κ1) is 19.5. The summed E-state index contributed by atoms with van der Waals surface area (Å²) in [5.74, 6) is -1.77. The standard InChI is InChI=1S/C18H24N4O4/c1-11(7-17(24)25)21-16(23)10-22(2)18(26)14(19)8-12-9-20-15-6-4-3-5-13(12)15/h3-6,9,11,14,20H,7-8,10,19H2,1-2H3,(H,21,23)(H,24,25)/t11-,14+/m1/s1. The zero-order valence-electron chi connectivity index (χ0n) is 14.9. The van der Waals surface area contributed by atoms with E-state index < -0.39 is 24.0 Å². The average molecular weight is 360 g/mol. The molecular formula is C18H24N4O4. The number of benzene rings is 1. The number of likely N-dealkylation sites (N-methyl/N-ethyl adjacent to an activating group) is 1. The highest BCUT2D eigenvalue weighted by molar-refractivity contribution is 5.89. The highest BCUT2D eigenvalue weighted by Crippen LogP contribution is 2.19. The molecule has 8 nitrogen and oxygen atoms in total. The van der Waals surface area contributed by atoms with Gasteiger partial charge in [-0.25, -0.2) is 0 Å². The molecule has 0 aliphatic rings. The molecule has 0 spiro atoms. The number of nitrogens with two attached hydrogens (primary N) is 1. The van der Waals surface area contributed by atoms with Gasteiger partial charge in [-0.1, -0.05) is 18.2 Å². The third kappa shape index (κ3) is 5.06. The molecule has 0 aliphatic heterocycles. The number of rotatable bonds is 8. The van der Waals surface area contributed by atoms with Crippen molar-refractivity contribution in [3.05, 3.63) is 36.0 Å². The summed E-state index contributed by atoms with van der Waals surface area (Å²) in [5, 5.41) is 12.3. The monoisotopic (exact) mass is 360 g/mol. The normalized spacial score (nSPS) is 13.2. The number of fused-ring (bicyclic) bond motifs is 1. The molecule has 0 bridgehead atoms. The van der Waals surface area contributed by atoms with Crippen LogP contribution in [0.3, 0.4) is 0 Å². The van der Waals surface area contributed by atoms with E-state index >= 15 is 0 Å². The number of carboxylic acid groups (broad SMARTS) is 1. The van der Waals surface area contributed by atoms with Crippen LogP contribution in [0.2, 0.25) is 0 Å². The molecule has 0 fully saturated rings. The van der Waals surface area contributed by atoms with Gasteiger partial charge in [0.25, 0.3) is 0 Å². The summed E-state index contributed by atoms with van der Waals surface area (Å²) in [5.41, 5.74) is 7.94. The Bertz CT molecular complexity index is 801. The number of carbonyl (C=O) groups is 3. The van der Waals surface area contributed by atoms with Gasteiger partial charge in [0.05, 0.1) is 19.0 Å². The fraction of sp³-hybridized carbons (Fsp3) is 0.389. The predicted octanol–water partition coefficient (Wildman–Crippen LogP) is 0.476. The lowest BCUT2D eigenvalue weighted by Gasteiger charge is -2.22. The molecular weight excluding hydrogens is 336 g/mol. The van der Waals surface area contributed by atoms with E-state index in [1.165, 1.54) is 11.9 Å². The second kappa shape index (κ2) is 8.48. The summed E-state index contributed by atoms with van der Waals surface area (Å²) in [6, 6.07) is 6.46. The third-order valence-corrected chi connectivity index (χ3v) is 4.08. The fourth-order valence-electron chi connectivity index (χ4n) is 2.83. The van der Waals surface area contributed by atoms with Gasteiger partial charge in [0.15, 0.2) is 0 Å². The molecule has 5 N–H and O–H groups in total. The van der Waals surface area contributed by atoms with Gasteiger partial charge in [0, 0.05) is 30.2 Å². The van der Waals surface area contributed by atoms with E-state index in [0.29, 0.717) is 6.42 Å². The lowest BCUT2D eigenvalue weighted by molar-refractivity contribution is -0.138. The number of carboxylic acids is 1. The largest absolute Gasteiger partial charge is 0.481 e. The maximum Gasteiger partial charge on any atom is 0.305 e. The average Bonchev–Trinajstić information content (AvgIpc) is 2.96. The zero-order valence-corrected chi connectivity index (χ0v) is 14.9. The molecule has 0 radical (unpaired) electrons. The van der Waals surface area contributed by atoms with Gasteiger partial charge in [0.2, 0.25) is 11.8 Å². The van der Waals surface area contributed by atoms with Crippen LogP contribution < -0.4 is 11.1 Å². The van der Waals surface area contributed by atoms with Crippen LogP contribution in [0.1, 0.15) is 18.9 Å². The van der Waals surface area contributed by atoms with Crippen LogP contribution in [0.5, 0.6) is 0 Å². The van der Waals surface area contributed by atoms with Crippen LogP contribution in [0.15, 0.2) is 30.5 Å². The molecule has 140 valence electrons. The van der Waals surface area contributed by atoms with Gasteiger partial charge in [-0.05, 0) is 25.0 Å². The smallest absolute Gasteiger partial charge is 0.305 e. The minimum absolute atomic E-state index is 0.176. The van der Waals surface area contributed by atoms with Crippen LogP contribution >= 0.6 is 0 Å². The molecule has 0 aliphatic carbocycles. The summed E-state index contributed by atoms with van der Waals surface area (Å²) in [6.45, 7) is 1.42. The Morgan fingerprint density at radius 2 is 2.00 bits per heavy atom. The summed E-state index contributed by atoms with van der Waals surface area (Å²) in [6.07, 6.45) is 2.01. The molecule has 0 unspecified atom stereocenters. The number of nitrogens with one attached hydrogen (secondary N) is 2. The van der Waals surface area contributed by atoms with Crippen molar-refractivity contribution < 1.29 is 19.5 Å². The first-order valence-corrected chi connectivity index (χ1v) is 8.34. The molecule has 0 saturated heterocycles. The highest BCUT2D eigenvalue weighted by atomic mass is 16.4. The highest BCUT2D eigenvalue weighted by Gasteiger charge is 2.22. The first-order chi connectivity index (χ1) is 12.3. The van der Waals surface area contributed by atoms with Crippen molar-refractivity contribution >= 4 is 28.7 Å². The summed E-state index contributed by atoms with van der Waals surface area (Å²) in [4.78, 5) is 39.4. The van der Waals surface area contributed by atoms with E-state index in [2.05, 4.69) is 10.3 Å². The fourth-order valence-corrected chi connectivity index (χ4v) is 2.83. The van der Waals surface area contributed by atoms with Gasteiger partial charge in [-0.15, -0.1) is 0 Å². The topological polar surface area (TPSA) is 129 Å². The van der Waals surface area contributed by atoms with Crippen molar-refractivity contribution in [2.24, 2.45) is 5.73 Å². The van der Waals surface area contributed by atoms with Gasteiger partial charge in [-0.2, -0.15) is 0 Å². The Morgan fingerprint density at radius 3 is 2.69 bits per heavy atom. The Kier molecular flexibility index (Phi) is 6.35. The van der Waals surface area contributed by atoms with E-state index in [9.17, 15) is 14.4 Å². The van der Waals surface area contributed by atoms with Crippen molar-refractivity contribution in [3.8, 4) is 0 Å². The second-order valence-corrected chi connectivity index (χ2v) is 6.43. The van der Waals surface area contributed by atoms with Crippen LogP contribution in [0.25, 0.3) is 10.9 Å². The van der Waals surface area contributed by atoms with E-state index in [1.54, 1.807) is 6.92 Å². The lowest BCUT2D eigenvalue weighted by atomic mass is 10.0. The van der Waals surface area contributed by atoms with E-state index in [0.717, 1.165) is 16.5 Å². The number of amides is 2. The van der Waals surface area contributed by atoms with Crippen LogP contribution in [0, 0.1) is 0 Å². The SMILES string of the molecule is C[C@H](CC(=O)O)NC(=O)CN(C)C(=O)[C@@H](N)Cc1c[nH]c2ccccc12. The number of carbonyl (C=O) groups excluding carboxylic acids is 2. The minimum atomic E-state index is -0.997. The Balaban J connectivity index is 1.90. The number of aliphatic carboxylic acids is 1. The Morgan fingerprint density at radius 1 is 1.31 bits per heavy atom. The molecule has 8 heteroatoms. The number of aromatic amines is 1. The van der Waals surface area contributed by atoms with Crippen molar-refractivity contribution in [1.29, 1.82) is 0 Å². The first-order valence-electron chi connectivity index (χ1n) is 8.34. The molecule has 26 heavy (non-hydrogen) atoms. The number of H-pyrrole nitrogens is 1. The maximum atomic E-state index is 12.4. The number of nitrogens with zero attached hydrogens (tertiary/aromatic N) is 1. The van der Waals surface area contributed by atoms with E-state index in [4.69, 9.17) is 10.8 Å². The Labute approximate surface area is 151 Å². The van der Waals surface area contributed by atoms with Crippen molar-refractivity contribution in [2.75, 3.05) is 13.6 Å². The molecule has 1 aromatic heterocycles. The van der Waals surface area contributed by atoms with E-state index in [1.807, 2.05) is 30.5 Å². The number of hydrogen-bond donors (Lipinski definition) is 4. The predicted molar refractivity (Wildman–Crippen MR) is 97.5 cm³/mol. The molecule has 2 atom stereocenters. The second-order valence-electron chi connectivity index (χ2n) is 6.43. The Hall–Kier alpha value is -2.87. The third-order valence-electron chi connectivity index (χ3n) is 4.08. The summed E-state index contributed by atoms with van der Waals surface area (Å²) < 4.78 is 0. The van der Waals surface area contributed by atoms with Crippen molar-refractivity contribution in [3.63, 3.8) is 0 Å². The molecule has 2 aromatic rings. The van der Waals surface area contributed by atoms with Crippen LogP contribution in [-0.2, 0) is 20.8 Å². The number of para-hydroxylation sites is 1. The van der Waals surface area contributed by atoms with Crippen LogP contribution in [0.4, 0.5) is 0 Å². The summed E-state index contributed by atoms with van der Waals surface area (Å²) >= 11 is 0. The van der Waals surface area contributed by atoms with Gasteiger partial charge < -0.3 is 26.0 Å². The number of hydrogen-bond acceptors (Lipinski definition) is 4. The van der Waals surface area contributed by atoms with Gasteiger partial charge >= 0.3 is 5.97 Å². The van der Waals surface area contributed by atoms with Crippen molar-refractivity contribution in [1.82, 2.24) is 15.2 Å². The van der Waals surface area contributed by atoms with E-state index in [-0.39, 0.29) is 18.9 Å². The molecule has 1 aromatic carbocycles.